The van der Waals surface area contributed by atoms with Gasteiger partial charge < -0.3 is 10.2 Å². The van der Waals surface area contributed by atoms with E-state index in [2.05, 4.69) is 10.3 Å². The van der Waals surface area contributed by atoms with Crippen molar-refractivity contribution in [2.45, 2.75) is 23.6 Å². The summed E-state index contributed by atoms with van der Waals surface area (Å²) < 4.78 is 26.3. The van der Waals surface area contributed by atoms with Gasteiger partial charge in [0.15, 0.2) is 0 Å². The molecule has 0 bridgehead atoms. The van der Waals surface area contributed by atoms with Crippen molar-refractivity contribution in [1.82, 2.24) is 9.88 Å². The fourth-order valence-corrected chi connectivity index (χ4v) is 4.85. The van der Waals surface area contributed by atoms with Crippen LogP contribution in [0.1, 0.15) is 29.8 Å². The van der Waals surface area contributed by atoms with E-state index in [0.29, 0.717) is 18.8 Å². The predicted molar refractivity (Wildman–Crippen MR) is 132 cm³/mol. The maximum atomic E-state index is 13.2. The van der Waals surface area contributed by atoms with Gasteiger partial charge in [0.25, 0.3) is 5.91 Å². The van der Waals surface area contributed by atoms with E-state index in [1.165, 1.54) is 48.5 Å². The zero-order valence-corrected chi connectivity index (χ0v) is 20.3. The average Bonchev–Trinajstić information content (AvgIpc) is 2.84. The van der Waals surface area contributed by atoms with Crippen LogP contribution in [0.4, 0.5) is 5.69 Å². The lowest BCUT2D eigenvalue weighted by Crippen LogP contribution is -2.30. The number of amides is 2. The number of halogens is 1. The Balaban J connectivity index is 1.79. The standard InChI is InChI=1S/C25H24ClN3O4S/c1-3-29(4-2)25(31)19-14-20(26)16-23(15-19)34(32,33)22-10-8-21(9-11-22)28-24(30)12-7-18-6-5-13-27-17-18/h5-17H,3-4H2,1-2H3,(H,28,30)/b12-7+. The van der Waals surface area contributed by atoms with E-state index in [1.54, 1.807) is 29.4 Å². The van der Waals surface area contributed by atoms with Gasteiger partial charge in [-0.15, -0.1) is 0 Å². The summed E-state index contributed by atoms with van der Waals surface area (Å²) >= 11 is 6.14. The number of nitrogens with one attached hydrogen (secondary N) is 1. The molecule has 1 N–H and O–H groups in total. The highest BCUT2D eigenvalue weighted by molar-refractivity contribution is 7.91. The third-order valence-corrected chi connectivity index (χ3v) is 6.99. The van der Waals surface area contributed by atoms with Crippen LogP contribution in [-0.4, -0.2) is 43.2 Å². The van der Waals surface area contributed by atoms with Crippen LogP contribution in [0.25, 0.3) is 6.08 Å². The van der Waals surface area contributed by atoms with Crippen LogP contribution >= 0.6 is 11.6 Å². The van der Waals surface area contributed by atoms with Crippen molar-refractivity contribution in [3.8, 4) is 0 Å². The molecule has 0 aliphatic rings. The largest absolute Gasteiger partial charge is 0.339 e. The molecule has 1 heterocycles. The summed E-state index contributed by atoms with van der Waals surface area (Å²) in [5.74, 6) is -0.657. The average molecular weight is 498 g/mol. The van der Waals surface area contributed by atoms with Gasteiger partial charge in [-0.1, -0.05) is 17.7 Å². The molecule has 2 aromatic carbocycles. The first-order chi connectivity index (χ1) is 16.2. The molecular formula is C25H24ClN3O4S. The van der Waals surface area contributed by atoms with Gasteiger partial charge in [-0.25, -0.2) is 8.42 Å². The van der Waals surface area contributed by atoms with E-state index < -0.39 is 9.84 Å². The highest BCUT2D eigenvalue weighted by atomic mass is 35.5. The van der Waals surface area contributed by atoms with E-state index in [-0.39, 0.29) is 32.2 Å². The van der Waals surface area contributed by atoms with Crippen LogP contribution in [0.3, 0.4) is 0 Å². The molecule has 0 spiro atoms. The van der Waals surface area contributed by atoms with Gasteiger partial charge in [0.1, 0.15) is 0 Å². The summed E-state index contributed by atoms with van der Waals surface area (Å²) in [6.45, 7) is 4.68. The molecule has 176 valence electrons. The van der Waals surface area contributed by atoms with Gasteiger partial charge in [-0.3, -0.25) is 14.6 Å². The molecule has 0 radical (unpaired) electrons. The van der Waals surface area contributed by atoms with E-state index in [9.17, 15) is 18.0 Å². The van der Waals surface area contributed by atoms with E-state index >= 15 is 0 Å². The second-order valence-corrected chi connectivity index (χ2v) is 9.68. The van der Waals surface area contributed by atoms with E-state index in [0.717, 1.165) is 5.56 Å². The normalized spacial score (nSPS) is 11.4. The van der Waals surface area contributed by atoms with Crippen LogP contribution in [0.15, 0.2) is 82.9 Å². The molecule has 1 aromatic heterocycles. The Morgan fingerprint density at radius 2 is 1.74 bits per heavy atom. The van der Waals surface area contributed by atoms with Gasteiger partial charge in [0.2, 0.25) is 15.7 Å². The minimum Gasteiger partial charge on any atom is -0.339 e. The molecule has 3 aromatic rings. The number of carbonyl (C=O) groups is 2. The Labute approximate surface area is 204 Å². The molecule has 2 amide bonds. The number of anilines is 1. The monoisotopic (exact) mass is 497 g/mol. The number of hydrogen-bond acceptors (Lipinski definition) is 5. The number of aromatic nitrogens is 1. The van der Waals surface area contributed by atoms with E-state index in [1.807, 2.05) is 19.9 Å². The first-order valence-corrected chi connectivity index (χ1v) is 12.4. The molecule has 0 unspecified atom stereocenters. The highest BCUT2D eigenvalue weighted by Gasteiger charge is 2.22. The Morgan fingerprint density at radius 3 is 2.35 bits per heavy atom. The maximum Gasteiger partial charge on any atom is 0.253 e. The molecule has 3 rings (SSSR count). The molecule has 0 aliphatic heterocycles. The predicted octanol–water partition coefficient (Wildman–Crippen LogP) is 4.70. The lowest BCUT2D eigenvalue weighted by atomic mass is 10.2. The summed E-state index contributed by atoms with van der Waals surface area (Å²) in [5.41, 5.74) is 1.42. The third kappa shape index (κ3) is 6.09. The first kappa shape index (κ1) is 25.1. The van der Waals surface area contributed by atoms with Crippen LogP contribution in [-0.2, 0) is 14.6 Å². The zero-order valence-electron chi connectivity index (χ0n) is 18.7. The number of pyridine rings is 1. The fraction of sp³-hybridized carbons (Fsp3) is 0.160. The minimum atomic E-state index is -3.94. The second kappa shape index (κ2) is 11.1. The van der Waals surface area contributed by atoms with Crippen LogP contribution < -0.4 is 5.32 Å². The SMILES string of the molecule is CCN(CC)C(=O)c1cc(Cl)cc(S(=O)(=O)c2ccc(NC(=O)/C=C/c3cccnc3)cc2)c1. The van der Waals surface area contributed by atoms with Crippen molar-refractivity contribution in [3.63, 3.8) is 0 Å². The summed E-state index contributed by atoms with van der Waals surface area (Å²) in [6, 6.07) is 13.5. The second-order valence-electron chi connectivity index (χ2n) is 7.29. The topological polar surface area (TPSA) is 96.4 Å². The zero-order chi connectivity index (χ0) is 24.7. The number of carbonyl (C=O) groups excluding carboxylic acids is 2. The van der Waals surface area contributed by atoms with Crippen molar-refractivity contribution in [2.24, 2.45) is 0 Å². The summed E-state index contributed by atoms with van der Waals surface area (Å²) in [4.78, 5) is 30.3. The number of nitrogens with zero attached hydrogens (tertiary/aromatic N) is 2. The fourth-order valence-electron chi connectivity index (χ4n) is 3.22. The third-order valence-electron chi connectivity index (χ3n) is 5.02. The number of sulfone groups is 1. The summed E-state index contributed by atoms with van der Waals surface area (Å²) in [6.07, 6.45) is 6.25. The van der Waals surface area contributed by atoms with Crippen LogP contribution in [0.5, 0.6) is 0 Å². The number of benzene rings is 2. The number of hydrogen-bond donors (Lipinski definition) is 1. The minimum absolute atomic E-state index is 0.0138. The molecule has 9 heteroatoms. The quantitative estimate of drug-likeness (QED) is 0.455. The van der Waals surface area contributed by atoms with E-state index in [4.69, 9.17) is 11.6 Å². The van der Waals surface area contributed by atoms with Crippen LogP contribution in [0.2, 0.25) is 5.02 Å². The Hall–Kier alpha value is -3.49. The highest BCUT2D eigenvalue weighted by Crippen LogP contribution is 2.27. The molecule has 0 saturated heterocycles. The van der Waals surface area contributed by atoms with Crippen LogP contribution in [0, 0.1) is 0 Å². The van der Waals surface area contributed by atoms with Gasteiger partial charge in [-0.2, -0.15) is 0 Å². The van der Waals surface area contributed by atoms with Gasteiger partial charge in [-0.05, 0) is 74.0 Å². The Morgan fingerprint density at radius 1 is 1.03 bits per heavy atom. The Bertz CT molecular complexity index is 1300. The molecule has 7 nitrogen and oxygen atoms in total. The summed E-state index contributed by atoms with van der Waals surface area (Å²) in [7, 11) is -3.94. The van der Waals surface area contributed by atoms with Crippen molar-refractivity contribution >= 4 is 45.0 Å². The molecule has 0 fully saturated rings. The molecule has 34 heavy (non-hydrogen) atoms. The van der Waals surface area contributed by atoms with Crippen molar-refractivity contribution in [2.75, 3.05) is 18.4 Å². The summed E-state index contributed by atoms with van der Waals surface area (Å²) in [5, 5.41) is 2.83. The molecule has 0 saturated carbocycles. The molecular weight excluding hydrogens is 474 g/mol. The van der Waals surface area contributed by atoms with Crippen molar-refractivity contribution < 1.29 is 18.0 Å². The lowest BCUT2D eigenvalue weighted by Gasteiger charge is -2.19. The first-order valence-electron chi connectivity index (χ1n) is 10.6. The van der Waals surface area contributed by atoms with Gasteiger partial charge in [0, 0.05) is 47.8 Å². The van der Waals surface area contributed by atoms with Crippen molar-refractivity contribution in [3.05, 3.63) is 89.2 Å². The molecule has 0 aliphatic carbocycles. The number of rotatable bonds is 8. The maximum absolute atomic E-state index is 13.2. The molecule has 0 atom stereocenters. The Kier molecular flexibility index (Phi) is 8.20. The van der Waals surface area contributed by atoms with Gasteiger partial charge in [0.05, 0.1) is 9.79 Å². The smallest absolute Gasteiger partial charge is 0.253 e. The van der Waals surface area contributed by atoms with Gasteiger partial charge >= 0.3 is 0 Å². The lowest BCUT2D eigenvalue weighted by molar-refractivity contribution is -0.111. The van der Waals surface area contributed by atoms with Crippen molar-refractivity contribution in [1.29, 1.82) is 0 Å².